The Morgan fingerprint density at radius 3 is 2.92 bits per heavy atom. The number of nitrogens with two attached hydrogens (primary N) is 1. The van der Waals surface area contributed by atoms with Crippen LogP contribution in [0, 0.1) is 5.92 Å². The molecule has 76 valence electrons. The molecule has 1 rings (SSSR count). The van der Waals surface area contributed by atoms with Gasteiger partial charge in [0.15, 0.2) is 0 Å². The molecule has 0 aliphatic heterocycles. The minimum absolute atomic E-state index is 0.123. The molecule has 1 unspecified atom stereocenters. The molecule has 0 aromatic rings. The quantitative estimate of drug-likeness (QED) is 0.362. The molecule has 4 nitrogen and oxygen atoms in total. The third kappa shape index (κ3) is 4.85. The summed E-state index contributed by atoms with van der Waals surface area (Å²) in [4.78, 5) is 10.8. The summed E-state index contributed by atoms with van der Waals surface area (Å²) in [5.41, 5.74) is 2.10. The lowest BCUT2D eigenvalue weighted by Gasteiger charge is -2.11. The SMILES string of the molecule is CC(CCC(=O)NN)OCC1CC1. The van der Waals surface area contributed by atoms with Crippen LogP contribution in [0.15, 0.2) is 0 Å². The van der Waals surface area contributed by atoms with Crippen LogP contribution in [-0.4, -0.2) is 18.6 Å². The van der Waals surface area contributed by atoms with E-state index in [1.54, 1.807) is 0 Å². The van der Waals surface area contributed by atoms with E-state index in [4.69, 9.17) is 10.6 Å². The molecular formula is C9H18N2O2. The first-order chi connectivity index (χ1) is 6.22. The maximum Gasteiger partial charge on any atom is 0.233 e. The van der Waals surface area contributed by atoms with Crippen LogP contribution in [0.4, 0.5) is 0 Å². The zero-order valence-corrected chi connectivity index (χ0v) is 8.08. The van der Waals surface area contributed by atoms with Gasteiger partial charge in [0.2, 0.25) is 5.91 Å². The fraction of sp³-hybridized carbons (Fsp3) is 0.889. The fourth-order valence-corrected chi connectivity index (χ4v) is 1.07. The van der Waals surface area contributed by atoms with E-state index in [1.165, 1.54) is 12.8 Å². The predicted molar refractivity (Wildman–Crippen MR) is 49.7 cm³/mol. The number of amides is 1. The Hall–Kier alpha value is -0.610. The minimum Gasteiger partial charge on any atom is -0.378 e. The van der Waals surface area contributed by atoms with E-state index >= 15 is 0 Å². The summed E-state index contributed by atoms with van der Waals surface area (Å²) in [6, 6.07) is 0. The van der Waals surface area contributed by atoms with Gasteiger partial charge in [-0.2, -0.15) is 0 Å². The van der Waals surface area contributed by atoms with Crippen molar-refractivity contribution >= 4 is 5.91 Å². The summed E-state index contributed by atoms with van der Waals surface area (Å²) in [6.45, 7) is 2.84. The van der Waals surface area contributed by atoms with Crippen molar-refractivity contribution in [3.05, 3.63) is 0 Å². The molecule has 1 aliphatic rings. The van der Waals surface area contributed by atoms with Gasteiger partial charge in [0.25, 0.3) is 0 Å². The summed E-state index contributed by atoms with van der Waals surface area (Å²) >= 11 is 0. The second-order valence-corrected chi connectivity index (χ2v) is 3.69. The van der Waals surface area contributed by atoms with Crippen LogP contribution in [0.3, 0.4) is 0 Å². The van der Waals surface area contributed by atoms with Gasteiger partial charge < -0.3 is 4.74 Å². The van der Waals surface area contributed by atoms with Gasteiger partial charge in [-0.15, -0.1) is 0 Å². The highest BCUT2D eigenvalue weighted by Crippen LogP contribution is 2.29. The summed E-state index contributed by atoms with van der Waals surface area (Å²) in [6.07, 6.45) is 3.96. The molecule has 0 heterocycles. The van der Waals surface area contributed by atoms with Gasteiger partial charge in [0, 0.05) is 13.0 Å². The molecule has 1 amide bonds. The van der Waals surface area contributed by atoms with Crippen molar-refractivity contribution < 1.29 is 9.53 Å². The lowest BCUT2D eigenvalue weighted by Crippen LogP contribution is -2.30. The number of carbonyl (C=O) groups excluding carboxylic acids is 1. The largest absolute Gasteiger partial charge is 0.378 e. The average molecular weight is 186 g/mol. The van der Waals surface area contributed by atoms with Gasteiger partial charge in [-0.1, -0.05) is 0 Å². The summed E-state index contributed by atoms with van der Waals surface area (Å²) in [5.74, 6) is 5.61. The van der Waals surface area contributed by atoms with Crippen LogP contribution < -0.4 is 11.3 Å². The smallest absolute Gasteiger partial charge is 0.233 e. The predicted octanol–water partition coefficient (Wildman–Crippen LogP) is 0.572. The van der Waals surface area contributed by atoms with E-state index in [0.717, 1.165) is 18.9 Å². The highest BCUT2D eigenvalue weighted by Gasteiger charge is 2.22. The maximum absolute atomic E-state index is 10.8. The molecular weight excluding hydrogens is 168 g/mol. The molecule has 0 aromatic heterocycles. The third-order valence-electron chi connectivity index (χ3n) is 2.25. The summed E-state index contributed by atoms with van der Waals surface area (Å²) < 4.78 is 5.54. The summed E-state index contributed by atoms with van der Waals surface area (Å²) in [7, 11) is 0. The lowest BCUT2D eigenvalue weighted by atomic mass is 10.2. The van der Waals surface area contributed by atoms with Gasteiger partial charge in [-0.05, 0) is 32.1 Å². The van der Waals surface area contributed by atoms with Gasteiger partial charge in [0.1, 0.15) is 0 Å². The van der Waals surface area contributed by atoms with E-state index in [-0.39, 0.29) is 12.0 Å². The van der Waals surface area contributed by atoms with Crippen molar-refractivity contribution in [1.29, 1.82) is 0 Å². The maximum atomic E-state index is 10.8. The van der Waals surface area contributed by atoms with Gasteiger partial charge >= 0.3 is 0 Å². The Morgan fingerprint density at radius 1 is 1.69 bits per heavy atom. The zero-order valence-electron chi connectivity index (χ0n) is 8.08. The molecule has 1 aliphatic carbocycles. The Morgan fingerprint density at radius 2 is 2.38 bits per heavy atom. The van der Waals surface area contributed by atoms with Crippen molar-refractivity contribution in [3.63, 3.8) is 0 Å². The number of ether oxygens (including phenoxy) is 1. The number of hydrogen-bond donors (Lipinski definition) is 2. The average Bonchev–Trinajstić information content (AvgIpc) is 2.94. The zero-order chi connectivity index (χ0) is 9.68. The fourth-order valence-electron chi connectivity index (χ4n) is 1.07. The van der Waals surface area contributed by atoms with E-state index in [2.05, 4.69) is 5.43 Å². The van der Waals surface area contributed by atoms with Crippen molar-refractivity contribution in [2.75, 3.05) is 6.61 Å². The molecule has 4 heteroatoms. The standard InChI is InChI=1S/C9H18N2O2/c1-7(2-5-9(12)11-10)13-6-8-3-4-8/h7-8H,2-6,10H2,1H3,(H,11,12). The van der Waals surface area contributed by atoms with Gasteiger partial charge in [-0.25, -0.2) is 5.84 Å². The first kappa shape index (κ1) is 10.5. The van der Waals surface area contributed by atoms with Crippen molar-refractivity contribution in [1.82, 2.24) is 5.43 Å². The molecule has 1 fully saturated rings. The topological polar surface area (TPSA) is 64.4 Å². The second kappa shape index (κ2) is 5.19. The third-order valence-corrected chi connectivity index (χ3v) is 2.25. The summed E-state index contributed by atoms with van der Waals surface area (Å²) in [5, 5.41) is 0. The molecule has 1 atom stereocenters. The minimum atomic E-state index is -0.123. The van der Waals surface area contributed by atoms with Gasteiger partial charge in [0.05, 0.1) is 6.10 Å². The van der Waals surface area contributed by atoms with E-state index in [1.807, 2.05) is 6.92 Å². The molecule has 0 spiro atoms. The molecule has 0 bridgehead atoms. The monoisotopic (exact) mass is 186 g/mol. The van der Waals surface area contributed by atoms with Crippen molar-refractivity contribution in [2.45, 2.75) is 38.7 Å². The van der Waals surface area contributed by atoms with Crippen LogP contribution in [0.25, 0.3) is 0 Å². The van der Waals surface area contributed by atoms with Crippen molar-refractivity contribution in [3.8, 4) is 0 Å². The highest BCUT2D eigenvalue weighted by molar-refractivity contribution is 5.75. The van der Waals surface area contributed by atoms with Crippen LogP contribution in [0.1, 0.15) is 32.6 Å². The molecule has 1 saturated carbocycles. The first-order valence-electron chi connectivity index (χ1n) is 4.83. The lowest BCUT2D eigenvalue weighted by molar-refractivity contribution is -0.121. The van der Waals surface area contributed by atoms with Crippen LogP contribution in [-0.2, 0) is 9.53 Å². The van der Waals surface area contributed by atoms with Crippen molar-refractivity contribution in [2.24, 2.45) is 11.8 Å². The number of rotatable bonds is 6. The second-order valence-electron chi connectivity index (χ2n) is 3.69. The molecule has 0 saturated heterocycles. The number of hydrogen-bond acceptors (Lipinski definition) is 3. The molecule has 13 heavy (non-hydrogen) atoms. The highest BCUT2D eigenvalue weighted by atomic mass is 16.5. The molecule has 0 aromatic carbocycles. The first-order valence-corrected chi connectivity index (χ1v) is 4.83. The van der Waals surface area contributed by atoms with Crippen LogP contribution in [0.5, 0.6) is 0 Å². The van der Waals surface area contributed by atoms with Gasteiger partial charge in [-0.3, -0.25) is 10.2 Å². The van der Waals surface area contributed by atoms with E-state index in [0.29, 0.717) is 6.42 Å². The van der Waals surface area contributed by atoms with E-state index < -0.39 is 0 Å². The normalized spacial score (nSPS) is 18.3. The van der Waals surface area contributed by atoms with Crippen LogP contribution >= 0.6 is 0 Å². The number of hydrazine groups is 1. The van der Waals surface area contributed by atoms with E-state index in [9.17, 15) is 4.79 Å². The Labute approximate surface area is 78.8 Å². The molecule has 3 N–H and O–H groups in total. The number of nitrogens with one attached hydrogen (secondary N) is 1. The Bertz CT molecular complexity index is 169. The molecule has 0 radical (unpaired) electrons. The number of carbonyl (C=O) groups is 1. The Balaban J connectivity index is 1.95. The Kier molecular flexibility index (Phi) is 4.18. The van der Waals surface area contributed by atoms with Crippen LogP contribution in [0.2, 0.25) is 0 Å².